The number of rotatable bonds is 6. The van der Waals surface area contributed by atoms with Gasteiger partial charge in [0.25, 0.3) is 11.5 Å². The number of carbonyl (C=O) groups excluding carboxylic acids is 1. The molecular formula is C20H28N4O3. The number of aromatic nitrogens is 2. The molecular weight excluding hydrogens is 344 g/mol. The Morgan fingerprint density at radius 1 is 1.15 bits per heavy atom. The normalized spacial score (nSPS) is 15.6. The number of hydrogen-bond donors (Lipinski definition) is 3. The molecule has 1 saturated carbocycles. The highest BCUT2D eigenvalue weighted by Crippen LogP contribution is 2.16. The number of nitrogens with zero attached hydrogens (tertiary/aromatic N) is 1. The van der Waals surface area contributed by atoms with Crippen molar-refractivity contribution in [3.8, 4) is 0 Å². The van der Waals surface area contributed by atoms with Crippen LogP contribution in [0.3, 0.4) is 0 Å². The summed E-state index contributed by atoms with van der Waals surface area (Å²) in [7, 11) is 0. The Morgan fingerprint density at radius 2 is 1.89 bits per heavy atom. The number of nitrogens with one attached hydrogen (secondary N) is 3. The summed E-state index contributed by atoms with van der Waals surface area (Å²) in [6, 6.07) is 5.33. The second-order valence-corrected chi connectivity index (χ2v) is 7.14. The largest absolute Gasteiger partial charge is 0.351 e. The quantitative estimate of drug-likeness (QED) is 0.532. The summed E-state index contributed by atoms with van der Waals surface area (Å²) >= 11 is 0. The lowest BCUT2D eigenvalue weighted by atomic mass is 10.1. The minimum absolute atomic E-state index is 0.208. The molecule has 1 aromatic carbocycles. The van der Waals surface area contributed by atoms with Gasteiger partial charge >= 0.3 is 5.69 Å². The number of hydrogen-bond acceptors (Lipinski definition) is 4. The van der Waals surface area contributed by atoms with E-state index in [-0.39, 0.29) is 11.5 Å². The lowest BCUT2D eigenvalue weighted by Crippen LogP contribution is -2.37. The molecule has 0 saturated heterocycles. The summed E-state index contributed by atoms with van der Waals surface area (Å²) < 4.78 is 1.14. The van der Waals surface area contributed by atoms with E-state index in [1.807, 2.05) is 0 Å². The molecule has 1 fully saturated rings. The van der Waals surface area contributed by atoms with Crippen LogP contribution in [0.25, 0.3) is 10.9 Å². The zero-order valence-corrected chi connectivity index (χ0v) is 15.8. The Labute approximate surface area is 158 Å². The molecule has 2 aromatic rings. The van der Waals surface area contributed by atoms with Gasteiger partial charge in [0.05, 0.1) is 10.9 Å². The van der Waals surface area contributed by atoms with Gasteiger partial charge in [0, 0.05) is 31.2 Å². The molecule has 1 heterocycles. The molecule has 0 unspecified atom stereocenters. The zero-order chi connectivity index (χ0) is 19.2. The number of aromatic amines is 1. The van der Waals surface area contributed by atoms with E-state index in [0.717, 1.165) is 11.1 Å². The number of amides is 1. The van der Waals surface area contributed by atoms with Gasteiger partial charge in [0.15, 0.2) is 0 Å². The molecule has 3 rings (SSSR count). The Balaban J connectivity index is 1.60. The third-order valence-corrected chi connectivity index (χ3v) is 5.26. The fourth-order valence-electron chi connectivity index (χ4n) is 3.72. The highest BCUT2D eigenvalue weighted by atomic mass is 16.2. The van der Waals surface area contributed by atoms with Gasteiger partial charge in [-0.05, 0) is 38.0 Å². The maximum absolute atomic E-state index is 12.4. The van der Waals surface area contributed by atoms with Crippen LogP contribution in [0.4, 0.5) is 0 Å². The summed E-state index contributed by atoms with van der Waals surface area (Å²) in [6.07, 6.45) is 7.62. The average molecular weight is 372 g/mol. The molecule has 146 valence electrons. The van der Waals surface area contributed by atoms with E-state index in [1.165, 1.54) is 38.5 Å². The van der Waals surface area contributed by atoms with Crippen LogP contribution in [-0.4, -0.2) is 34.6 Å². The zero-order valence-electron chi connectivity index (χ0n) is 15.8. The van der Waals surface area contributed by atoms with E-state index in [1.54, 1.807) is 25.1 Å². The van der Waals surface area contributed by atoms with Crippen LogP contribution in [0.15, 0.2) is 27.8 Å². The van der Waals surface area contributed by atoms with Gasteiger partial charge in [-0.25, -0.2) is 4.79 Å². The topological polar surface area (TPSA) is 96.0 Å². The third kappa shape index (κ3) is 4.66. The summed E-state index contributed by atoms with van der Waals surface area (Å²) in [5, 5.41) is 6.82. The van der Waals surface area contributed by atoms with Crippen LogP contribution in [0.2, 0.25) is 0 Å². The molecule has 0 spiro atoms. The van der Waals surface area contributed by atoms with Crippen LogP contribution in [0, 0.1) is 0 Å². The van der Waals surface area contributed by atoms with E-state index in [9.17, 15) is 14.4 Å². The second kappa shape index (κ2) is 8.99. The highest BCUT2D eigenvalue weighted by Gasteiger charge is 2.12. The molecule has 0 radical (unpaired) electrons. The number of carbonyl (C=O) groups is 1. The highest BCUT2D eigenvalue weighted by molar-refractivity contribution is 5.97. The first-order valence-corrected chi connectivity index (χ1v) is 9.88. The van der Waals surface area contributed by atoms with E-state index in [0.29, 0.717) is 35.6 Å². The van der Waals surface area contributed by atoms with Crippen molar-refractivity contribution in [3.63, 3.8) is 0 Å². The molecule has 1 aliphatic carbocycles. The van der Waals surface area contributed by atoms with Crippen molar-refractivity contribution in [2.45, 2.75) is 58.0 Å². The molecule has 7 heteroatoms. The lowest BCUT2D eigenvalue weighted by molar-refractivity contribution is 0.0953. The van der Waals surface area contributed by atoms with Crippen LogP contribution < -0.4 is 21.9 Å². The molecule has 1 aliphatic rings. The Morgan fingerprint density at radius 3 is 2.59 bits per heavy atom. The third-order valence-electron chi connectivity index (χ3n) is 5.26. The number of H-pyrrole nitrogens is 1. The molecule has 0 bridgehead atoms. The van der Waals surface area contributed by atoms with Crippen molar-refractivity contribution < 1.29 is 4.79 Å². The van der Waals surface area contributed by atoms with Gasteiger partial charge in [0.1, 0.15) is 0 Å². The molecule has 1 aromatic heterocycles. The van der Waals surface area contributed by atoms with Crippen molar-refractivity contribution in [2.75, 3.05) is 13.1 Å². The maximum Gasteiger partial charge on any atom is 0.328 e. The molecule has 0 aliphatic heterocycles. The van der Waals surface area contributed by atoms with Gasteiger partial charge in [-0.3, -0.25) is 14.2 Å². The number of benzene rings is 1. The average Bonchev–Trinajstić information content (AvgIpc) is 2.93. The molecule has 27 heavy (non-hydrogen) atoms. The van der Waals surface area contributed by atoms with Crippen LogP contribution >= 0.6 is 0 Å². The van der Waals surface area contributed by atoms with Crippen molar-refractivity contribution >= 4 is 16.8 Å². The molecule has 7 nitrogen and oxygen atoms in total. The summed E-state index contributed by atoms with van der Waals surface area (Å²) in [6.45, 7) is 3.33. The van der Waals surface area contributed by atoms with Crippen molar-refractivity contribution in [1.82, 2.24) is 20.2 Å². The van der Waals surface area contributed by atoms with Crippen LogP contribution in [0.5, 0.6) is 0 Å². The van der Waals surface area contributed by atoms with E-state index < -0.39 is 5.69 Å². The standard InChI is InChI=1S/C20H28N4O3/c1-2-24-19(26)16-10-9-14(13-17(16)23-20(24)27)18(25)22-12-11-21-15-7-5-3-4-6-8-15/h9-10,13,15,21H,2-8,11-12H2,1H3,(H,22,25)(H,23,27). The molecule has 3 N–H and O–H groups in total. The van der Waals surface area contributed by atoms with Gasteiger partial charge < -0.3 is 15.6 Å². The SMILES string of the molecule is CCn1c(=O)[nH]c2cc(C(=O)NCCNC3CCCCCC3)ccc2c1=O. The van der Waals surface area contributed by atoms with Crippen LogP contribution in [-0.2, 0) is 6.54 Å². The van der Waals surface area contributed by atoms with E-state index >= 15 is 0 Å². The Bertz CT molecular complexity index is 908. The van der Waals surface area contributed by atoms with Crippen LogP contribution in [0.1, 0.15) is 55.8 Å². The van der Waals surface area contributed by atoms with E-state index in [2.05, 4.69) is 15.6 Å². The lowest BCUT2D eigenvalue weighted by Gasteiger charge is -2.16. The summed E-state index contributed by atoms with van der Waals surface area (Å²) in [5.41, 5.74) is 0.0242. The van der Waals surface area contributed by atoms with E-state index in [4.69, 9.17) is 0 Å². The van der Waals surface area contributed by atoms with Crippen molar-refractivity contribution in [3.05, 3.63) is 44.6 Å². The Hall–Kier alpha value is -2.41. The fourth-order valence-corrected chi connectivity index (χ4v) is 3.72. The minimum atomic E-state index is -0.458. The first kappa shape index (κ1) is 19.4. The molecule has 1 amide bonds. The fraction of sp³-hybridized carbons (Fsp3) is 0.550. The monoisotopic (exact) mass is 372 g/mol. The van der Waals surface area contributed by atoms with Gasteiger partial charge in [-0.15, -0.1) is 0 Å². The van der Waals surface area contributed by atoms with Crippen molar-refractivity contribution in [2.24, 2.45) is 0 Å². The Kier molecular flexibility index (Phi) is 6.45. The molecule has 0 atom stereocenters. The summed E-state index contributed by atoms with van der Waals surface area (Å²) in [4.78, 5) is 39.3. The number of fused-ring (bicyclic) bond motifs is 1. The second-order valence-electron chi connectivity index (χ2n) is 7.14. The van der Waals surface area contributed by atoms with Gasteiger partial charge in [-0.1, -0.05) is 25.7 Å². The predicted octanol–water partition coefficient (Wildman–Crippen LogP) is 1.75. The van der Waals surface area contributed by atoms with Crippen molar-refractivity contribution in [1.29, 1.82) is 0 Å². The van der Waals surface area contributed by atoms with Gasteiger partial charge in [-0.2, -0.15) is 0 Å². The van der Waals surface area contributed by atoms with Gasteiger partial charge in [0.2, 0.25) is 0 Å². The smallest absolute Gasteiger partial charge is 0.328 e. The summed E-state index contributed by atoms with van der Waals surface area (Å²) in [5.74, 6) is -0.208. The first-order chi connectivity index (χ1) is 13.1. The minimum Gasteiger partial charge on any atom is -0.351 e. The maximum atomic E-state index is 12.4. The first-order valence-electron chi connectivity index (χ1n) is 9.88. The predicted molar refractivity (Wildman–Crippen MR) is 106 cm³/mol.